The molecule has 0 fully saturated rings. The molecule has 0 aliphatic carbocycles. The van der Waals surface area contributed by atoms with Crippen molar-refractivity contribution in [2.75, 3.05) is 0 Å². The van der Waals surface area contributed by atoms with E-state index >= 15 is 0 Å². The van der Waals surface area contributed by atoms with E-state index in [4.69, 9.17) is 14.7 Å². The lowest BCUT2D eigenvalue weighted by molar-refractivity contribution is -0.167. The smallest absolute Gasteiger partial charge is 0.393 e. The van der Waals surface area contributed by atoms with Gasteiger partial charge in [-0.05, 0) is 0 Å². The van der Waals surface area contributed by atoms with Gasteiger partial charge in [0, 0.05) is 0 Å². The van der Waals surface area contributed by atoms with Gasteiger partial charge >= 0.3 is 7.60 Å². The second-order valence-electron chi connectivity index (χ2n) is 1.01. The Kier molecular flexibility index (Phi) is 2.77. The molecule has 0 aromatic rings. The van der Waals surface area contributed by atoms with Crippen molar-refractivity contribution < 1.29 is 24.1 Å². The Morgan fingerprint density at radius 2 is 2.00 bits per heavy atom. The van der Waals surface area contributed by atoms with Gasteiger partial charge in [0.1, 0.15) is 0 Å². The van der Waals surface area contributed by atoms with Gasteiger partial charge in [0.25, 0.3) is 0 Å². The molecule has 0 amide bonds. The SMILES string of the molecule is O=P(O)(O)/C=[P+](\[O-])O. The normalized spacial score (nSPS) is 14.2. The van der Waals surface area contributed by atoms with Gasteiger partial charge in [0.05, 0.1) is 0 Å². The van der Waals surface area contributed by atoms with Crippen LogP contribution in [0.1, 0.15) is 0 Å². The summed E-state index contributed by atoms with van der Waals surface area (Å²) in [5.74, 6) is 0. The minimum absolute atomic E-state index is 0.0856. The quantitative estimate of drug-likeness (QED) is 0.407. The molecule has 3 N–H and O–H groups in total. The van der Waals surface area contributed by atoms with Gasteiger partial charge in [-0.2, -0.15) is 4.89 Å². The van der Waals surface area contributed by atoms with Gasteiger partial charge < -0.3 is 14.7 Å². The molecule has 0 radical (unpaired) electrons. The first-order chi connectivity index (χ1) is 3.42. The second-order valence-corrected chi connectivity index (χ2v) is 3.71. The molecular formula is CH4O5P2. The van der Waals surface area contributed by atoms with Gasteiger partial charge in [-0.25, -0.2) is 0 Å². The van der Waals surface area contributed by atoms with E-state index in [0.29, 0.717) is 0 Å². The summed E-state index contributed by atoms with van der Waals surface area (Å²) in [6, 6.07) is 0. The van der Waals surface area contributed by atoms with Gasteiger partial charge in [0.15, 0.2) is 0 Å². The average Bonchev–Trinajstić information content (AvgIpc) is 1.21. The van der Waals surface area contributed by atoms with E-state index < -0.39 is 15.6 Å². The summed E-state index contributed by atoms with van der Waals surface area (Å²) in [5.41, 5.74) is 0.0856. The average molecular weight is 158 g/mol. The van der Waals surface area contributed by atoms with Crippen LogP contribution in [-0.4, -0.2) is 20.2 Å². The van der Waals surface area contributed by atoms with E-state index in [2.05, 4.69) is 0 Å². The van der Waals surface area contributed by atoms with Gasteiger partial charge in [0.2, 0.25) is 13.5 Å². The molecular weight excluding hydrogens is 154 g/mol. The van der Waals surface area contributed by atoms with Crippen molar-refractivity contribution in [1.29, 1.82) is 0 Å². The molecule has 1 unspecified atom stereocenters. The molecule has 0 aliphatic heterocycles. The zero-order chi connectivity index (χ0) is 6.78. The van der Waals surface area contributed by atoms with Crippen LogP contribution in [-0.2, 0) is 4.57 Å². The molecule has 0 saturated heterocycles. The van der Waals surface area contributed by atoms with E-state index in [1.165, 1.54) is 0 Å². The highest BCUT2D eigenvalue weighted by atomic mass is 31.2. The second kappa shape index (κ2) is 2.69. The minimum atomic E-state index is -4.38. The summed E-state index contributed by atoms with van der Waals surface area (Å²) in [6.45, 7) is 0. The van der Waals surface area contributed by atoms with Crippen LogP contribution >= 0.6 is 15.6 Å². The molecule has 0 heterocycles. The molecule has 0 aromatic carbocycles. The van der Waals surface area contributed by atoms with Crippen molar-refractivity contribution >= 4 is 21.1 Å². The molecule has 8 heavy (non-hydrogen) atoms. The molecule has 1 atom stereocenters. The van der Waals surface area contributed by atoms with E-state index in [0.717, 1.165) is 0 Å². The molecule has 0 aromatic heterocycles. The number of rotatable bonds is 1. The predicted octanol–water partition coefficient (Wildman–Crippen LogP) is -1.41. The van der Waals surface area contributed by atoms with Crippen LogP contribution in [0, 0.1) is 0 Å². The van der Waals surface area contributed by atoms with Crippen molar-refractivity contribution in [3.8, 4) is 0 Å². The fourth-order valence-corrected chi connectivity index (χ4v) is 1.16. The highest BCUT2D eigenvalue weighted by Crippen LogP contribution is 2.33. The molecule has 0 aliphatic rings. The predicted molar refractivity (Wildman–Crippen MR) is 27.2 cm³/mol. The van der Waals surface area contributed by atoms with Crippen molar-refractivity contribution in [3.05, 3.63) is 0 Å². The summed E-state index contributed by atoms with van der Waals surface area (Å²) >= 11 is 0. The van der Waals surface area contributed by atoms with Crippen LogP contribution in [0.4, 0.5) is 0 Å². The Morgan fingerprint density at radius 1 is 1.62 bits per heavy atom. The monoisotopic (exact) mass is 158 g/mol. The highest BCUT2D eigenvalue weighted by Gasteiger charge is 2.12. The lowest BCUT2D eigenvalue weighted by Gasteiger charge is -1.88. The Labute approximate surface area is 46.3 Å². The fraction of sp³-hybridized carbons (Fsp3) is 0. The van der Waals surface area contributed by atoms with Crippen LogP contribution in [0.2, 0.25) is 0 Å². The van der Waals surface area contributed by atoms with Gasteiger partial charge in [-0.3, -0.25) is 4.57 Å². The van der Waals surface area contributed by atoms with Crippen molar-refractivity contribution in [2.45, 2.75) is 0 Å². The van der Waals surface area contributed by atoms with Gasteiger partial charge in [-0.1, -0.05) is 0 Å². The summed E-state index contributed by atoms with van der Waals surface area (Å²) in [5, 5.41) is 0. The molecule has 5 nitrogen and oxygen atoms in total. The summed E-state index contributed by atoms with van der Waals surface area (Å²) in [4.78, 5) is 33.3. The Balaban J connectivity index is 4.11. The van der Waals surface area contributed by atoms with Crippen LogP contribution in [0.15, 0.2) is 0 Å². The summed E-state index contributed by atoms with van der Waals surface area (Å²) in [7, 11) is -7.21. The lowest BCUT2D eigenvalue weighted by Crippen LogP contribution is -1.88. The van der Waals surface area contributed by atoms with Crippen LogP contribution in [0.3, 0.4) is 0 Å². The Morgan fingerprint density at radius 3 is 2.00 bits per heavy atom. The van der Waals surface area contributed by atoms with Crippen molar-refractivity contribution in [3.63, 3.8) is 0 Å². The third-order valence-corrected chi connectivity index (χ3v) is 2.24. The first-order valence-corrected chi connectivity index (χ1v) is 4.44. The lowest BCUT2D eigenvalue weighted by atomic mass is 11.9. The number of hydrogen-bond donors (Lipinski definition) is 3. The maximum Gasteiger partial charge on any atom is 0.393 e. The standard InChI is InChI=1S/CH4O5P2/c2-7(3)1-8(4,5)6/h1H,(H,2,3)(H2,4,5,6). The minimum Gasteiger partial charge on any atom is -0.603 e. The molecule has 48 valence electrons. The summed E-state index contributed by atoms with van der Waals surface area (Å²) in [6.07, 6.45) is 0. The van der Waals surface area contributed by atoms with Crippen molar-refractivity contribution in [2.24, 2.45) is 0 Å². The fourth-order valence-electron chi connectivity index (χ4n) is 0.129. The molecule has 0 rings (SSSR count). The Bertz CT molecular complexity index is 139. The molecule has 0 spiro atoms. The van der Waals surface area contributed by atoms with E-state index in [9.17, 15) is 9.46 Å². The molecule has 0 bridgehead atoms. The first kappa shape index (κ1) is 8.24. The molecule has 0 saturated carbocycles. The van der Waals surface area contributed by atoms with Crippen LogP contribution < -0.4 is 4.89 Å². The van der Waals surface area contributed by atoms with E-state index in [1.54, 1.807) is 0 Å². The first-order valence-electron chi connectivity index (χ1n) is 1.48. The highest BCUT2D eigenvalue weighted by molar-refractivity contribution is 7.79. The van der Waals surface area contributed by atoms with Crippen LogP contribution in [0.25, 0.3) is 0 Å². The van der Waals surface area contributed by atoms with Crippen LogP contribution in [0.5, 0.6) is 0 Å². The van der Waals surface area contributed by atoms with Crippen molar-refractivity contribution in [1.82, 2.24) is 0 Å². The maximum absolute atomic E-state index is 9.74. The topological polar surface area (TPSA) is 101 Å². The largest absolute Gasteiger partial charge is 0.603 e. The van der Waals surface area contributed by atoms with E-state index in [-0.39, 0.29) is 5.54 Å². The maximum atomic E-state index is 9.74. The number of hydrogen-bond acceptors (Lipinski definition) is 3. The Hall–Kier alpha value is 0.240. The van der Waals surface area contributed by atoms with Gasteiger partial charge in [-0.15, -0.1) is 0 Å². The van der Waals surface area contributed by atoms with E-state index in [1.807, 2.05) is 0 Å². The summed E-state index contributed by atoms with van der Waals surface area (Å²) < 4.78 is 9.74. The third-order valence-electron chi connectivity index (χ3n) is 0.249. The zero-order valence-electron chi connectivity index (χ0n) is 3.63. The third kappa shape index (κ3) is 6.24. The zero-order valence-corrected chi connectivity index (χ0v) is 5.42. The molecule has 7 heteroatoms.